The van der Waals surface area contributed by atoms with Gasteiger partial charge in [-0.25, -0.2) is 0 Å². The molecule has 0 amide bonds. The molecule has 0 bridgehead atoms. The topological polar surface area (TPSA) is 30.2 Å². The van der Waals surface area contributed by atoms with Crippen molar-refractivity contribution in [1.82, 2.24) is 0 Å². The van der Waals surface area contributed by atoms with Crippen molar-refractivity contribution in [3.63, 3.8) is 0 Å². The Kier molecular flexibility index (Phi) is 5.33. The largest absolute Gasteiger partial charge is 0.497 e. The van der Waals surface area contributed by atoms with E-state index in [9.17, 15) is 4.79 Å². The Bertz CT molecular complexity index is 1090. The molecule has 1 aromatic heterocycles. The van der Waals surface area contributed by atoms with Crippen molar-refractivity contribution in [3.8, 4) is 5.75 Å². The van der Waals surface area contributed by atoms with Gasteiger partial charge >= 0.3 is 0 Å². The Morgan fingerprint density at radius 2 is 1.73 bits per heavy atom. The fourth-order valence-corrected chi connectivity index (χ4v) is 3.21. The minimum atomic E-state index is 0. The number of ether oxygens (including phenoxy) is 1. The quantitative estimate of drug-likeness (QED) is 0.277. The number of methoxy groups -OCH3 is 1. The Labute approximate surface area is 162 Å². The maximum atomic E-state index is 12.7. The van der Waals surface area contributed by atoms with E-state index in [4.69, 9.17) is 4.74 Å². The SMILES string of the molecule is Br.COc1cccc(C(=O)C[n+]2cccc3c4ccccc4ccc32)c1. The number of Topliss-reactive ketones (excluding diaryl/α,β-unsaturated/α-hetero) is 1. The van der Waals surface area contributed by atoms with Crippen molar-refractivity contribution in [2.45, 2.75) is 6.54 Å². The molecule has 4 aromatic rings. The summed E-state index contributed by atoms with van der Waals surface area (Å²) in [5, 5.41) is 3.55. The first kappa shape index (κ1) is 18.1. The number of aromatic nitrogens is 1. The van der Waals surface area contributed by atoms with Crippen LogP contribution < -0.4 is 9.30 Å². The number of benzene rings is 3. The number of rotatable bonds is 4. The minimum Gasteiger partial charge on any atom is -0.497 e. The zero-order chi connectivity index (χ0) is 17.2. The molecule has 0 aliphatic carbocycles. The molecule has 130 valence electrons. The monoisotopic (exact) mass is 408 g/mol. The van der Waals surface area contributed by atoms with Gasteiger partial charge in [-0.15, -0.1) is 17.0 Å². The van der Waals surface area contributed by atoms with Crippen LogP contribution in [0.4, 0.5) is 0 Å². The summed E-state index contributed by atoms with van der Waals surface area (Å²) in [6.45, 7) is 0.294. The van der Waals surface area contributed by atoms with Crippen molar-refractivity contribution in [2.24, 2.45) is 0 Å². The molecule has 1 heterocycles. The molecular weight excluding hydrogens is 390 g/mol. The van der Waals surface area contributed by atoms with Gasteiger partial charge in [-0.1, -0.05) is 36.4 Å². The number of fused-ring (bicyclic) bond motifs is 3. The van der Waals surface area contributed by atoms with E-state index in [2.05, 4.69) is 30.3 Å². The lowest BCUT2D eigenvalue weighted by molar-refractivity contribution is -0.657. The van der Waals surface area contributed by atoms with Crippen molar-refractivity contribution in [1.29, 1.82) is 0 Å². The Hall–Kier alpha value is -2.72. The average Bonchev–Trinajstić information content (AvgIpc) is 2.68. The first-order valence-corrected chi connectivity index (χ1v) is 8.23. The molecule has 0 unspecified atom stereocenters. The van der Waals surface area contributed by atoms with Gasteiger partial charge in [0.05, 0.1) is 12.5 Å². The maximum Gasteiger partial charge on any atom is 0.227 e. The third-order valence-corrected chi connectivity index (χ3v) is 4.49. The number of halogens is 1. The molecule has 0 atom stereocenters. The van der Waals surface area contributed by atoms with E-state index in [1.54, 1.807) is 13.2 Å². The highest BCUT2D eigenvalue weighted by Crippen LogP contribution is 2.23. The van der Waals surface area contributed by atoms with Gasteiger partial charge in [-0.3, -0.25) is 4.79 Å². The van der Waals surface area contributed by atoms with Crippen molar-refractivity contribution < 1.29 is 14.1 Å². The summed E-state index contributed by atoms with van der Waals surface area (Å²) >= 11 is 0. The highest BCUT2D eigenvalue weighted by Gasteiger charge is 2.16. The molecule has 4 rings (SSSR count). The van der Waals surface area contributed by atoms with E-state index in [0.29, 0.717) is 17.9 Å². The second-order valence-electron chi connectivity index (χ2n) is 6.01. The standard InChI is InChI=1S/C22H18NO2.BrH/c1-25-18-8-4-7-17(14-18)22(24)15-23-13-5-10-20-19-9-3-2-6-16(19)11-12-21(20)23;/h2-14H,15H2,1H3;1H/q+1;. The number of nitrogens with zero attached hydrogens (tertiary/aromatic N) is 1. The highest BCUT2D eigenvalue weighted by molar-refractivity contribution is 8.93. The molecule has 0 spiro atoms. The van der Waals surface area contributed by atoms with Gasteiger partial charge in [0.1, 0.15) is 5.75 Å². The fourth-order valence-electron chi connectivity index (χ4n) is 3.21. The summed E-state index contributed by atoms with van der Waals surface area (Å²) in [5.74, 6) is 0.754. The van der Waals surface area contributed by atoms with Crippen LogP contribution in [0.5, 0.6) is 5.75 Å². The molecule has 0 N–H and O–H groups in total. The molecule has 0 radical (unpaired) electrons. The van der Waals surface area contributed by atoms with E-state index >= 15 is 0 Å². The molecule has 4 heteroatoms. The van der Waals surface area contributed by atoms with E-state index in [0.717, 1.165) is 10.9 Å². The van der Waals surface area contributed by atoms with Crippen LogP contribution in [-0.4, -0.2) is 12.9 Å². The third kappa shape index (κ3) is 3.33. The van der Waals surface area contributed by atoms with Crippen LogP contribution in [0, 0.1) is 0 Å². The lowest BCUT2D eigenvalue weighted by Crippen LogP contribution is -2.38. The van der Waals surface area contributed by atoms with Crippen molar-refractivity contribution in [2.75, 3.05) is 7.11 Å². The molecule has 0 saturated carbocycles. The normalized spacial score (nSPS) is 10.5. The molecule has 3 aromatic carbocycles. The van der Waals surface area contributed by atoms with Gasteiger partial charge < -0.3 is 4.74 Å². The lowest BCUT2D eigenvalue weighted by atomic mass is 10.0. The van der Waals surface area contributed by atoms with Crippen LogP contribution in [0.15, 0.2) is 79.0 Å². The van der Waals surface area contributed by atoms with Gasteiger partial charge in [0.15, 0.2) is 6.20 Å². The predicted molar refractivity (Wildman–Crippen MR) is 109 cm³/mol. The van der Waals surface area contributed by atoms with E-state index < -0.39 is 0 Å². The maximum absolute atomic E-state index is 12.7. The van der Waals surface area contributed by atoms with Gasteiger partial charge in [0.25, 0.3) is 0 Å². The number of ketones is 1. The summed E-state index contributed by atoms with van der Waals surface area (Å²) in [6, 6.07) is 23.9. The average molecular weight is 409 g/mol. The number of carbonyl (C=O) groups excluding carboxylic acids is 1. The summed E-state index contributed by atoms with van der Waals surface area (Å²) in [7, 11) is 1.61. The lowest BCUT2D eigenvalue weighted by Gasteiger charge is -2.05. The second-order valence-corrected chi connectivity index (χ2v) is 6.01. The summed E-state index contributed by atoms with van der Waals surface area (Å²) in [4.78, 5) is 12.7. The number of hydrogen-bond acceptors (Lipinski definition) is 2. The Morgan fingerprint density at radius 1 is 0.923 bits per heavy atom. The molecule has 26 heavy (non-hydrogen) atoms. The van der Waals surface area contributed by atoms with E-state index in [1.165, 1.54) is 10.8 Å². The van der Waals surface area contributed by atoms with Crippen LogP contribution in [-0.2, 0) is 6.54 Å². The van der Waals surface area contributed by atoms with Crippen LogP contribution in [0.2, 0.25) is 0 Å². The second kappa shape index (κ2) is 7.67. The summed E-state index contributed by atoms with van der Waals surface area (Å²) < 4.78 is 7.22. The van der Waals surface area contributed by atoms with Gasteiger partial charge in [-0.05, 0) is 35.0 Å². The number of hydrogen-bond donors (Lipinski definition) is 0. The summed E-state index contributed by atoms with van der Waals surface area (Å²) in [5.41, 5.74) is 1.71. The van der Waals surface area contributed by atoms with Gasteiger partial charge in [0.2, 0.25) is 17.8 Å². The zero-order valence-corrected chi connectivity index (χ0v) is 16.1. The van der Waals surface area contributed by atoms with Crippen LogP contribution in [0.3, 0.4) is 0 Å². The van der Waals surface area contributed by atoms with Crippen molar-refractivity contribution in [3.05, 3.63) is 84.6 Å². The fraction of sp³-hybridized carbons (Fsp3) is 0.0909. The number of carbonyl (C=O) groups is 1. The van der Waals surface area contributed by atoms with Gasteiger partial charge in [0, 0.05) is 17.7 Å². The number of pyridine rings is 1. The third-order valence-electron chi connectivity index (χ3n) is 4.49. The molecule has 0 aliphatic rings. The van der Waals surface area contributed by atoms with Crippen molar-refractivity contribution >= 4 is 44.4 Å². The first-order valence-electron chi connectivity index (χ1n) is 8.23. The highest BCUT2D eigenvalue weighted by atomic mass is 79.9. The molecule has 3 nitrogen and oxygen atoms in total. The van der Waals surface area contributed by atoms with Crippen LogP contribution >= 0.6 is 17.0 Å². The first-order chi connectivity index (χ1) is 12.3. The molecule has 0 aliphatic heterocycles. The minimum absolute atomic E-state index is 0. The van der Waals surface area contributed by atoms with Crippen LogP contribution in [0.1, 0.15) is 10.4 Å². The smallest absolute Gasteiger partial charge is 0.227 e. The van der Waals surface area contributed by atoms with Gasteiger partial charge in [-0.2, -0.15) is 4.57 Å². The molecular formula is C22H19BrNO2+. The van der Waals surface area contributed by atoms with E-state index in [1.807, 2.05) is 47.2 Å². The van der Waals surface area contributed by atoms with E-state index in [-0.39, 0.29) is 22.8 Å². The zero-order valence-electron chi connectivity index (χ0n) is 14.4. The Morgan fingerprint density at radius 3 is 2.58 bits per heavy atom. The summed E-state index contributed by atoms with van der Waals surface area (Å²) in [6.07, 6.45) is 1.95. The molecule has 0 saturated heterocycles. The molecule has 0 fully saturated rings. The van der Waals surface area contributed by atoms with Crippen LogP contribution in [0.25, 0.3) is 21.7 Å². The predicted octanol–water partition coefficient (Wildman–Crippen LogP) is 4.75. The Balaban J connectivity index is 0.00000196.